The number of morpholine rings is 1. The lowest BCUT2D eigenvalue weighted by Gasteiger charge is -2.42. The molecule has 2 aromatic rings. The molecule has 0 bridgehead atoms. The second-order valence-electron chi connectivity index (χ2n) is 7.74. The van der Waals surface area contributed by atoms with E-state index in [4.69, 9.17) is 9.47 Å². The van der Waals surface area contributed by atoms with Crippen molar-refractivity contribution in [1.29, 1.82) is 0 Å². The predicted octanol–water partition coefficient (Wildman–Crippen LogP) is 0.973. The number of nitrogens with zero attached hydrogens (tertiary/aromatic N) is 6. The third-order valence-corrected chi connectivity index (χ3v) is 5.66. The Kier molecular flexibility index (Phi) is 6.85. The molecule has 2 fully saturated rings. The Morgan fingerprint density at radius 3 is 2.70 bits per heavy atom. The molecule has 0 N–H and O–H groups in total. The van der Waals surface area contributed by atoms with Crippen molar-refractivity contribution in [3.05, 3.63) is 36.4 Å². The Balaban J connectivity index is 1.20. The monoisotopic (exact) mass is 418 g/mol. The van der Waals surface area contributed by atoms with E-state index in [1.165, 1.54) is 12.1 Å². The standard InChI is InChI=1S/C20H27FN6O3/c21-16-2-4-18(5-3-16)29-13-19-12-27(20(28)14-30-19)17-6-10-25(11-7-17)8-1-9-26-15-22-23-24-26/h2-5,15,17,19H,1,6-14H2. The lowest BCUT2D eigenvalue weighted by Crippen LogP contribution is -2.55. The summed E-state index contributed by atoms with van der Waals surface area (Å²) in [6, 6.07) is 6.16. The number of halogens is 1. The van der Waals surface area contributed by atoms with Crippen molar-refractivity contribution in [3.63, 3.8) is 0 Å². The minimum atomic E-state index is -0.296. The minimum Gasteiger partial charge on any atom is -0.491 e. The number of carbonyl (C=O) groups is 1. The van der Waals surface area contributed by atoms with Gasteiger partial charge < -0.3 is 19.3 Å². The second kappa shape index (κ2) is 9.94. The second-order valence-corrected chi connectivity index (χ2v) is 7.74. The molecule has 1 atom stereocenters. The zero-order chi connectivity index (χ0) is 20.8. The Morgan fingerprint density at radius 2 is 1.97 bits per heavy atom. The maximum atomic E-state index is 13.0. The normalized spacial score (nSPS) is 21.2. The third kappa shape index (κ3) is 5.51. The highest BCUT2D eigenvalue weighted by Gasteiger charge is 2.33. The van der Waals surface area contributed by atoms with Crippen molar-refractivity contribution in [1.82, 2.24) is 30.0 Å². The van der Waals surface area contributed by atoms with Crippen molar-refractivity contribution in [2.75, 3.05) is 39.4 Å². The molecule has 10 heteroatoms. The van der Waals surface area contributed by atoms with Crippen molar-refractivity contribution >= 4 is 5.91 Å². The summed E-state index contributed by atoms with van der Waals surface area (Å²) in [6.07, 6.45) is 4.37. The van der Waals surface area contributed by atoms with E-state index in [0.717, 1.165) is 45.4 Å². The summed E-state index contributed by atoms with van der Waals surface area (Å²) in [5.74, 6) is 0.346. The van der Waals surface area contributed by atoms with E-state index in [2.05, 4.69) is 20.4 Å². The van der Waals surface area contributed by atoms with Crippen LogP contribution < -0.4 is 4.74 Å². The lowest BCUT2D eigenvalue weighted by molar-refractivity contribution is -0.155. The number of aromatic nitrogens is 4. The smallest absolute Gasteiger partial charge is 0.248 e. The fourth-order valence-electron chi connectivity index (χ4n) is 4.01. The van der Waals surface area contributed by atoms with Gasteiger partial charge in [0.15, 0.2) is 0 Å². The van der Waals surface area contributed by atoms with Gasteiger partial charge >= 0.3 is 0 Å². The van der Waals surface area contributed by atoms with Gasteiger partial charge in [0.25, 0.3) is 0 Å². The van der Waals surface area contributed by atoms with Crippen LogP contribution in [0, 0.1) is 5.82 Å². The van der Waals surface area contributed by atoms with E-state index in [0.29, 0.717) is 18.9 Å². The van der Waals surface area contributed by atoms with Gasteiger partial charge in [-0.25, -0.2) is 9.07 Å². The van der Waals surface area contributed by atoms with Crippen LogP contribution >= 0.6 is 0 Å². The van der Waals surface area contributed by atoms with Gasteiger partial charge in [0.1, 0.15) is 37.2 Å². The quantitative estimate of drug-likeness (QED) is 0.632. The molecule has 2 aliphatic heterocycles. The van der Waals surface area contributed by atoms with Crippen molar-refractivity contribution in [3.8, 4) is 5.75 Å². The van der Waals surface area contributed by atoms with Crippen LogP contribution in [0.25, 0.3) is 0 Å². The van der Waals surface area contributed by atoms with Crippen LogP contribution in [0.15, 0.2) is 30.6 Å². The Bertz CT molecular complexity index is 795. The lowest BCUT2D eigenvalue weighted by atomic mass is 10.0. The number of hydrogen-bond acceptors (Lipinski definition) is 7. The number of tetrazole rings is 1. The van der Waals surface area contributed by atoms with Crippen LogP contribution in [0.4, 0.5) is 4.39 Å². The summed E-state index contributed by atoms with van der Waals surface area (Å²) in [7, 11) is 0. The molecule has 2 saturated heterocycles. The van der Waals surface area contributed by atoms with Crippen LogP contribution in [0.5, 0.6) is 5.75 Å². The molecule has 0 radical (unpaired) electrons. The topological polar surface area (TPSA) is 85.6 Å². The van der Waals surface area contributed by atoms with E-state index in [-0.39, 0.29) is 30.5 Å². The van der Waals surface area contributed by atoms with Crippen LogP contribution in [0.3, 0.4) is 0 Å². The highest BCUT2D eigenvalue weighted by atomic mass is 19.1. The molecule has 0 spiro atoms. The molecule has 0 aliphatic carbocycles. The number of amides is 1. The number of likely N-dealkylation sites (tertiary alicyclic amines) is 1. The summed E-state index contributed by atoms with van der Waals surface area (Å²) in [4.78, 5) is 16.8. The number of hydrogen-bond donors (Lipinski definition) is 0. The van der Waals surface area contributed by atoms with E-state index in [9.17, 15) is 9.18 Å². The Morgan fingerprint density at radius 1 is 1.17 bits per heavy atom. The maximum Gasteiger partial charge on any atom is 0.248 e. The molecule has 2 aliphatic rings. The highest BCUT2D eigenvalue weighted by Crippen LogP contribution is 2.21. The fourth-order valence-corrected chi connectivity index (χ4v) is 4.01. The Hall–Kier alpha value is -2.59. The predicted molar refractivity (Wildman–Crippen MR) is 105 cm³/mol. The van der Waals surface area contributed by atoms with Crippen LogP contribution in [0.1, 0.15) is 19.3 Å². The highest BCUT2D eigenvalue weighted by molar-refractivity contribution is 5.78. The number of piperidine rings is 1. The summed E-state index contributed by atoms with van der Waals surface area (Å²) in [5.41, 5.74) is 0. The van der Waals surface area contributed by atoms with Gasteiger partial charge in [0, 0.05) is 25.7 Å². The molecule has 0 saturated carbocycles. The van der Waals surface area contributed by atoms with E-state index < -0.39 is 0 Å². The van der Waals surface area contributed by atoms with Gasteiger partial charge in [-0.1, -0.05) is 0 Å². The molecule has 4 rings (SSSR count). The first-order chi connectivity index (χ1) is 14.7. The van der Waals surface area contributed by atoms with E-state index in [1.807, 2.05) is 4.90 Å². The molecule has 1 unspecified atom stereocenters. The van der Waals surface area contributed by atoms with Gasteiger partial charge in [-0.15, -0.1) is 5.10 Å². The molecule has 3 heterocycles. The zero-order valence-corrected chi connectivity index (χ0v) is 16.9. The summed E-state index contributed by atoms with van der Waals surface area (Å²) in [6.45, 7) is 4.71. The molecule has 30 heavy (non-hydrogen) atoms. The number of rotatable bonds is 8. The first-order valence-electron chi connectivity index (χ1n) is 10.4. The first-order valence-corrected chi connectivity index (χ1v) is 10.4. The van der Waals surface area contributed by atoms with E-state index in [1.54, 1.807) is 23.1 Å². The summed E-state index contributed by atoms with van der Waals surface area (Å²) in [5, 5.41) is 11.2. The van der Waals surface area contributed by atoms with Crippen molar-refractivity contribution < 1.29 is 18.7 Å². The van der Waals surface area contributed by atoms with Crippen LogP contribution in [-0.2, 0) is 16.1 Å². The average molecular weight is 418 g/mol. The number of benzene rings is 1. The Labute approximate surface area is 174 Å². The van der Waals surface area contributed by atoms with Gasteiger partial charge in [0.05, 0.1) is 6.54 Å². The van der Waals surface area contributed by atoms with Crippen LogP contribution in [0.2, 0.25) is 0 Å². The van der Waals surface area contributed by atoms with Crippen molar-refractivity contribution in [2.24, 2.45) is 0 Å². The molecule has 1 amide bonds. The SMILES string of the molecule is O=C1COC(COc2ccc(F)cc2)CN1C1CCN(CCCn2cnnn2)CC1. The molecule has 1 aromatic carbocycles. The van der Waals surface area contributed by atoms with Gasteiger partial charge in [0.2, 0.25) is 5.91 Å². The third-order valence-electron chi connectivity index (χ3n) is 5.66. The van der Waals surface area contributed by atoms with Gasteiger partial charge in [-0.3, -0.25) is 4.79 Å². The molecular weight excluding hydrogens is 391 g/mol. The van der Waals surface area contributed by atoms with Crippen molar-refractivity contribution in [2.45, 2.75) is 38.0 Å². The van der Waals surface area contributed by atoms with Crippen LogP contribution in [-0.4, -0.2) is 87.5 Å². The van der Waals surface area contributed by atoms with E-state index >= 15 is 0 Å². The number of aryl methyl sites for hydroxylation is 1. The summed E-state index contributed by atoms with van der Waals surface area (Å²) >= 11 is 0. The molecular formula is C20H27FN6O3. The molecule has 9 nitrogen and oxygen atoms in total. The fraction of sp³-hybridized carbons (Fsp3) is 0.600. The number of ether oxygens (including phenoxy) is 2. The zero-order valence-electron chi connectivity index (χ0n) is 16.9. The average Bonchev–Trinajstić information content (AvgIpc) is 3.28. The van der Waals surface area contributed by atoms with Gasteiger partial charge in [-0.05, 0) is 60.5 Å². The largest absolute Gasteiger partial charge is 0.491 e. The molecule has 162 valence electrons. The maximum absolute atomic E-state index is 13.0. The molecule has 1 aromatic heterocycles. The number of carbonyl (C=O) groups excluding carboxylic acids is 1. The first kappa shape index (κ1) is 20.7. The minimum absolute atomic E-state index is 0.0464. The summed E-state index contributed by atoms with van der Waals surface area (Å²) < 4.78 is 26.1. The van der Waals surface area contributed by atoms with Gasteiger partial charge in [-0.2, -0.15) is 0 Å².